The molecule has 0 bridgehead atoms. The molecule has 0 aromatic carbocycles. The first-order valence-electron chi connectivity index (χ1n) is 5.56. The van der Waals surface area contributed by atoms with E-state index in [0.29, 0.717) is 11.0 Å². The van der Waals surface area contributed by atoms with Gasteiger partial charge in [-0.2, -0.15) is 0 Å². The van der Waals surface area contributed by atoms with Gasteiger partial charge in [-0.05, 0) is 49.9 Å². The summed E-state index contributed by atoms with van der Waals surface area (Å²) in [5.41, 5.74) is 7.34. The van der Waals surface area contributed by atoms with Crippen molar-refractivity contribution in [3.05, 3.63) is 0 Å². The highest BCUT2D eigenvalue weighted by atomic mass is 14.9. The lowest BCUT2D eigenvalue weighted by atomic mass is 9.80. The summed E-state index contributed by atoms with van der Waals surface area (Å²) in [4.78, 5) is 0. The zero-order valence-corrected chi connectivity index (χ0v) is 7.81. The van der Waals surface area contributed by atoms with Gasteiger partial charge in [0.25, 0.3) is 0 Å². The SMILES string of the molecule is NC1(C2(C3CCCC3)CC2)CC1. The van der Waals surface area contributed by atoms with Crippen LogP contribution in [-0.4, -0.2) is 5.54 Å². The molecule has 0 unspecified atom stereocenters. The molecule has 0 amide bonds. The highest BCUT2D eigenvalue weighted by Gasteiger charge is 2.66. The summed E-state index contributed by atoms with van der Waals surface area (Å²) < 4.78 is 0. The van der Waals surface area contributed by atoms with E-state index in [2.05, 4.69) is 0 Å². The van der Waals surface area contributed by atoms with Gasteiger partial charge in [-0.25, -0.2) is 0 Å². The van der Waals surface area contributed by atoms with Gasteiger partial charge < -0.3 is 5.73 Å². The van der Waals surface area contributed by atoms with Crippen molar-refractivity contribution in [1.82, 2.24) is 0 Å². The first-order valence-corrected chi connectivity index (χ1v) is 5.56. The van der Waals surface area contributed by atoms with Gasteiger partial charge in [-0.3, -0.25) is 0 Å². The Balaban J connectivity index is 1.81. The van der Waals surface area contributed by atoms with Crippen LogP contribution in [0, 0.1) is 11.3 Å². The molecular formula is C11H19N. The first kappa shape index (κ1) is 7.37. The minimum atomic E-state index is 0.321. The van der Waals surface area contributed by atoms with E-state index in [0.717, 1.165) is 5.92 Å². The van der Waals surface area contributed by atoms with Crippen LogP contribution in [0.4, 0.5) is 0 Å². The third-order valence-corrected chi connectivity index (χ3v) is 4.71. The molecule has 68 valence electrons. The number of hydrogen-bond donors (Lipinski definition) is 1. The van der Waals surface area contributed by atoms with Gasteiger partial charge in [0, 0.05) is 5.54 Å². The predicted molar refractivity (Wildman–Crippen MR) is 49.8 cm³/mol. The fourth-order valence-electron chi connectivity index (χ4n) is 3.56. The minimum absolute atomic E-state index is 0.321. The monoisotopic (exact) mass is 165 g/mol. The van der Waals surface area contributed by atoms with E-state index in [1.54, 1.807) is 0 Å². The lowest BCUT2D eigenvalue weighted by Crippen LogP contribution is -2.38. The van der Waals surface area contributed by atoms with E-state index in [9.17, 15) is 0 Å². The molecule has 3 fully saturated rings. The lowest BCUT2D eigenvalue weighted by Gasteiger charge is -2.29. The first-order chi connectivity index (χ1) is 5.77. The lowest BCUT2D eigenvalue weighted by molar-refractivity contribution is 0.242. The molecule has 2 N–H and O–H groups in total. The minimum Gasteiger partial charge on any atom is -0.325 e. The largest absolute Gasteiger partial charge is 0.325 e. The van der Waals surface area contributed by atoms with Gasteiger partial charge in [-0.1, -0.05) is 12.8 Å². The Labute approximate surface area is 74.7 Å². The second-order valence-corrected chi connectivity index (χ2v) is 5.29. The van der Waals surface area contributed by atoms with Crippen molar-refractivity contribution in [1.29, 1.82) is 0 Å². The predicted octanol–water partition coefficient (Wildman–Crippen LogP) is 2.45. The van der Waals surface area contributed by atoms with Gasteiger partial charge in [0.1, 0.15) is 0 Å². The van der Waals surface area contributed by atoms with Crippen LogP contribution in [0.25, 0.3) is 0 Å². The smallest absolute Gasteiger partial charge is 0.0215 e. The van der Waals surface area contributed by atoms with Crippen LogP contribution in [0.5, 0.6) is 0 Å². The van der Waals surface area contributed by atoms with Gasteiger partial charge in [0.15, 0.2) is 0 Å². The second-order valence-electron chi connectivity index (χ2n) is 5.29. The van der Waals surface area contributed by atoms with Gasteiger partial charge in [0.05, 0.1) is 0 Å². The topological polar surface area (TPSA) is 26.0 Å². The molecule has 1 nitrogen and oxygen atoms in total. The Morgan fingerprint density at radius 1 is 0.917 bits per heavy atom. The van der Waals surface area contributed by atoms with Crippen LogP contribution < -0.4 is 5.73 Å². The van der Waals surface area contributed by atoms with Crippen molar-refractivity contribution in [2.75, 3.05) is 0 Å². The quantitative estimate of drug-likeness (QED) is 0.668. The maximum atomic E-state index is 6.37. The zero-order chi connectivity index (χ0) is 8.23. The van der Waals surface area contributed by atoms with Crippen molar-refractivity contribution >= 4 is 0 Å². The number of nitrogens with two attached hydrogens (primary N) is 1. The number of rotatable bonds is 2. The van der Waals surface area contributed by atoms with Crippen molar-refractivity contribution in [3.63, 3.8) is 0 Å². The Kier molecular flexibility index (Phi) is 1.27. The third-order valence-electron chi connectivity index (χ3n) is 4.71. The van der Waals surface area contributed by atoms with Gasteiger partial charge in [-0.15, -0.1) is 0 Å². The van der Waals surface area contributed by atoms with Crippen LogP contribution in [-0.2, 0) is 0 Å². The molecule has 0 aromatic rings. The maximum Gasteiger partial charge on any atom is 0.0215 e. The summed E-state index contributed by atoms with van der Waals surface area (Å²) in [6.45, 7) is 0. The molecule has 0 aliphatic heterocycles. The maximum absolute atomic E-state index is 6.37. The molecule has 0 saturated heterocycles. The average Bonchev–Trinajstić information content (AvgIpc) is 2.96. The summed E-state index contributed by atoms with van der Waals surface area (Å²) >= 11 is 0. The molecule has 3 aliphatic rings. The molecule has 0 atom stereocenters. The Hall–Kier alpha value is -0.0400. The van der Waals surface area contributed by atoms with E-state index in [1.807, 2.05) is 0 Å². The number of hydrogen-bond acceptors (Lipinski definition) is 1. The summed E-state index contributed by atoms with van der Waals surface area (Å²) in [5, 5.41) is 0. The molecule has 0 aromatic heterocycles. The zero-order valence-electron chi connectivity index (χ0n) is 7.81. The van der Waals surface area contributed by atoms with E-state index < -0.39 is 0 Å². The fraction of sp³-hybridized carbons (Fsp3) is 1.00. The Bertz CT molecular complexity index is 195. The summed E-state index contributed by atoms with van der Waals surface area (Å²) in [7, 11) is 0. The van der Waals surface area contributed by atoms with Crippen molar-refractivity contribution in [2.24, 2.45) is 17.1 Å². The second kappa shape index (κ2) is 2.06. The van der Waals surface area contributed by atoms with Crippen molar-refractivity contribution in [2.45, 2.75) is 56.9 Å². The summed E-state index contributed by atoms with van der Waals surface area (Å²) in [5.74, 6) is 1.02. The van der Waals surface area contributed by atoms with E-state index >= 15 is 0 Å². The molecule has 0 radical (unpaired) electrons. The van der Waals surface area contributed by atoms with E-state index in [1.165, 1.54) is 51.4 Å². The molecule has 0 spiro atoms. The van der Waals surface area contributed by atoms with Crippen LogP contribution in [0.15, 0.2) is 0 Å². The van der Waals surface area contributed by atoms with Gasteiger partial charge in [0.2, 0.25) is 0 Å². The summed E-state index contributed by atoms with van der Waals surface area (Å²) in [6.07, 6.45) is 11.5. The van der Waals surface area contributed by atoms with Crippen molar-refractivity contribution < 1.29 is 0 Å². The van der Waals surface area contributed by atoms with Crippen LogP contribution in [0.1, 0.15) is 51.4 Å². The molecule has 12 heavy (non-hydrogen) atoms. The van der Waals surface area contributed by atoms with Crippen molar-refractivity contribution in [3.8, 4) is 0 Å². The highest BCUT2D eigenvalue weighted by Crippen LogP contribution is 2.69. The average molecular weight is 165 g/mol. The molecule has 3 rings (SSSR count). The summed E-state index contributed by atoms with van der Waals surface area (Å²) in [6, 6.07) is 0. The molecular weight excluding hydrogens is 146 g/mol. The third kappa shape index (κ3) is 0.783. The highest BCUT2D eigenvalue weighted by molar-refractivity contribution is 5.21. The Morgan fingerprint density at radius 2 is 1.50 bits per heavy atom. The fourth-order valence-corrected chi connectivity index (χ4v) is 3.56. The molecule has 3 aliphatic carbocycles. The molecule has 1 heteroatoms. The molecule has 0 heterocycles. The Morgan fingerprint density at radius 3 is 1.92 bits per heavy atom. The van der Waals surface area contributed by atoms with Gasteiger partial charge >= 0.3 is 0 Å². The van der Waals surface area contributed by atoms with E-state index in [-0.39, 0.29) is 0 Å². The standard InChI is InChI=1S/C11H19N/c12-11(7-8-11)10(5-6-10)9-3-1-2-4-9/h9H,1-8,12H2. The normalized spacial score (nSPS) is 36.8. The van der Waals surface area contributed by atoms with Crippen LogP contribution in [0.2, 0.25) is 0 Å². The van der Waals surface area contributed by atoms with Crippen LogP contribution >= 0.6 is 0 Å². The molecule has 3 saturated carbocycles. The van der Waals surface area contributed by atoms with Crippen LogP contribution in [0.3, 0.4) is 0 Å². The van der Waals surface area contributed by atoms with E-state index in [4.69, 9.17) is 5.73 Å².